The quantitative estimate of drug-likeness (QED) is 0.651. The second kappa shape index (κ2) is 9.64. The van der Waals surface area contributed by atoms with Crippen LogP contribution in [0.4, 0.5) is 5.69 Å². The van der Waals surface area contributed by atoms with Gasteiger partial charge in [-0.3, -0.25) is 0 Å². The zero-order chi connectivity index (χ0) is 15.7. The molecule has 4 heteroatoms. The summed E-state index contributed by atoms with van der Waals surface area (Å²) in [4.78, 5) is 2.14. The van der Waals surface area contributed by atoms with Gasteiger partial charge in [0.2, 0.25) is 0 Å². The molecule has 1 aromatic carbocycles. The fourth-order valence-electron chi connectivity index (χ4n) is 2.26. The fraction of sp³-hybridized carbons (Fsp3) is 0.647. The number of benzene rings is 1. The molecule has 4 nitrogen and oxygen atoms in total. The van der Waals surface area contributed by atoms with Crippen molar-refractivity contribution in [3.8, 4) is 5.75 Å². The number of hydrogen-bond acceptors (Lipinski definition) is 4. The highest BCUT2D eigenvalue weighted by molar-refractivity contribution is 5.60. The van der Waals surface area contributed by atoms with Gasteiger partial charge in [-0.2, -0.15) is 0 Å². The maximum atomic E-state index is 9.21. The molecule has 0 radical (unpaired) electrons. The van der Waals surface area contributed by atoms with Crippen LogP contribution in [0.25, 0.3) is 0 Å². The van der Waals surface area contributed by atoms with Gasteiger partial charge < -0.3 is 20.1 Å². The summed E-state index contributed by atoms with van der Waals surface area (Å²) in [6, 6.07) is 6.34. The summed E-state index contributed by atoms with van der Waals surface area (Å²) in [5.41, 5.74) is 2.28. The van der Waals surface area contributed by atoms with E-state index in [9.17, 15) is 5.11 Å². The smallest absolute Gasteiger partial charge is 0.143 e. The van der Waals surface area contributed by atoms with E-state index in [2.05, 4.69) is 42.3 Å². The van der Waals surface area contributed by atoms with Crippen molar-refractivity contribution in [2.45, 2.75) is 46.8 Å². The lowest BCUT2D eigenvalue weighted by molar-refractivity contribution is 0.242. The minimum Gasteiger partial charge on any atom is -0.489 e. The molecular weight excluding hydrogens is 264 g/mol. The zero-order valence-electron chi connectivity index (χ0n) is 13.9. The van der Waals surface area contributed by atoms with Gasteiger partial charge in [0.15, 0.2) is 0 Å². The zero-order valence-corrected chi connectivity index (χ0v) is 13.9. The van der Waals surface area contributed by atoms with Gasteiger partial charge in [-0.1, -0.05) is 13.0 Å². The van der Waals surface area contributed by atoms with Crippen molar-refractivity contribution in [2.75, 3.05) is 31.1 Å². The van der Waals surface area contributed by atoms with Crippen LogP contribution >= 0.6 is 0 Å². The van der Waals surface area contributed by atoms with E-state index >= 15 is 0 Å². The van der Waals surface area contributed by atoms with Crippen molar-refractivity contribution in [1.29, 1.82) is 0 Å². The average Bonchev–Trinajstić information content (AvgIpc) is 2.45. The Bertz CT molecular complexity index is 408. The third-order valence-corrected chi connectivity index (χ3v) is 3.24. The molecule has 0 fully saturated rings. The highest BCUT2D eigenvalue weighted by Gasteiger charge is 2.12. The first-order chi connectivity index (χ1) is 10.1. The number of aliphatic hydroxyl groups excluding tert-OH is 1. The molecule has 0 aliphatic rings. The van der Waals surface area contributed by atoms with Crippen LogP contribution in [0.5, 0.6) is 5.75 Å². The van der Waals surface area contributed by atoms with Crippen LogP contribution in [-0.2, 0) is 6.54 Å². The van der Waals surface area contributed by atoms with Gasteiger partial charge in [0.05, 0.1) is 18.4 Å². The molecule has 0 bridgehead atoms. The minimum absolute atomic E-state index is 0.135. The molecule has 0 amide bonds. The molecule has 0 spiro atoms. The van der Waals surface area contributed by atoms with E-state index < -0.39 is 0 Å². The number of aliphatic hydroxyl groups is 1. The third-order valence-electron chi connectivity index (χ3n) is 3.24. The van der Waals surface area contributed by atoms with Crippen LogP contribution in [0.15, 0.2) is 18.2 Å². The number of nitrogens with zero attached hydrogens (tertiary/aromatic N) is 1. The van der Waals surface area contributed by atoms with Crippen LogP contribution in [0.1, 0.15) is 39.7 Å². The van der Waals surface area contributed by atoms with Crippen LogP contribution in [-0.4, -0.2) is 37.5 Å². The number of rotatable bonds is 10. The first-order valence-corrected chi connectivity index (χ1v) is 7.98. The molecule has 0 heterocycles. The van der Waals surface area contributed by atoms with Crippen LogP contribution < -0.4 is 15.0 Å². The number of ether oxygens (including phenoxy) is 1. The summed E-state index contributed by atoms with van der Waals surface area (Å²) in [5, 5.41) is 12.6. The van der Waals surface area contributed by atoms with Gasteiger partial charge in [-0.25, -0.2) is 0 Å². The van der Waals surface area contributed by atoms with Gasteiger partial charge in [0.1, 0.15) is 5.75 Å². The highest BCUT2D eigenvalue weighted by Crippen LogP contribution is 2.30. The van der Waals surface area contributed by atoms with Crippen molar-refractivity contribution >= 4 is 5.69 Å². The van der Waals surface area contributed by atoms with E-state index in [0.29, 0.717) is 6.54 Å². The second-order valence-corrected chi connectivity index (χ2v) is 5.45. The third kappa shape index (κ3) is 5.94. The Morgan fingerprint density at radius 2 is 2.05 bits per heavy atom. The maximum Gasteiger partial charge on any atom is 0.143 e. The second-order valence-electron chi connectivity index (χ2n) is 5.45. The van der Waals surface area contributed by atoms with E-state index in [-0.39, 0.29) is 12.7 Å². The topological polar surface area (TPSA) is 44.7 Å². The van der Waals surface area contributed by atoms with Gasteiger partial charge in [0, 0.05) is 19.6 Å². The fourth-order valence-corrected chi connectivity index (χ4v) is 2.26. The Morgan fingerprint density at radius 1 is 1.29 bits per heavy atom. The van der Waals surface area contributed by atoms with E-state index in [0.717, 1.165) is 37.5 Å². The van der Waals surface area contributed by atoms with Crippen LogP contribution in [0.2, 0.25) is 0 Å². The van der Waals surface area contributed by atoms with Crippen molar-refractivity contribution in [2.24, 2.45) is 0 Å². The predicted molar refractivity (Wildman–Crippen MR) is 89.2 cm³/mol. The van der Waals surface area contributed by atoms with Gasteiger partial charge in [-0.15, -0.1) is 0 Å². The molecule has 0 saturated heterocycles. The molecule has 0 atom stereocenters. The van der Waals surface area contributed by atoms with Gasteiger partial charge in [-0.05, 0) is 51.4 Å². The Kier molecular flexibility index (Phi) is 8.16. The Labute approximate surface area is 129 Å². The lowest BCUT2D eigenvalue weighted by Crippen LogP contribution is -2.27. The molecule has 0 saturated carbocycles. The van der Waals surface area contributed by atoms with Crippen LogP contribution in [0, 0.1) is 0 Å². The molecular formula is C17H30N2O2. The van der Waals surface area contributed by atoms with E-state index in [1.54, 1.807) is 0 Å². The Balaban J connectivity index is 2.94. The Hall–Kier alpha value is -1.26. The monoisotopic (exact) mass is 294 g/mol. The molecule has 0 aromatic heterocycles. The molecule has 0 aliphatic carbocycles. The lowest BCUT2D eigenvalue weighted by Gasteiger charge is -2.26. The summed E-state index contributed by atoms with van der Waals surface area (Å²) in [6.45, 7) is 11.8. The standard InChI is InChI=1S/C17H30N2O2/c1-5-9-18-13-15-7-8-16(19(6-2)10-11-20)17(12-15)21-14(3)4/h7-8,12,14,18,20H,5-6,9-11,13H2,1-4H3. The molecule has 0 unspecified atom stereocenters. The Morgan fingerprint density at radius 3 is 2.62 bits per heavy atom. The summed E-state index contributed by atoms with van der Waals surface area (Å²) in [7, 11) is 0. The van der Waals surface area contributed by atoms with Crippen molar-refractivity contribution in [3.63, 3.8) is 0 Å². The molecule has 120 valence electrons. The molecule has 1 rings (SSSR count). The highest BCUT2D eigenvalue weighted by atomic mass is 16.5. The summed E-state index contributed by atoms with van der Waals surface area (Å²) >= 11 is 0. The van der Waals surface area contributed by atoms with E-state index in [1.807, 2.05) is 13.8 Å². The number of hydrogen-bond donors (Lipinski definition) is 2. The van der Waals surface area contributed by atoms with Gasteiger partial charge >= 0.3 is 0 Å². The largest absolute Gasteiger partial charge is 0.489 e. The summed E-state index contributed by atoms with van der Waals surface area (Å²) < 4.78 is 5.97. The normalized spacial score (nSPS) is 11.0. The first-order valence-electron chi connectivity index (χ1n) is 7.98. The first kappa shape index (κ1) is 17.8. The number of nitrogens with one attached hydrogen (secondary N) is 1. The van der Waals surface area contributed by atoms with E-state index in [4.69, 9.17) is 4.74 Å². The van der Waals surface area contributed by atoms with E-state index in [1.165, 1.54) is 5.56 Å². The van der Waals surface area contributed by atoms with Gasteiger partial charge in [0.25, 0.3) is 0 Å². The lowest BCUT2D eigenvalue weighted by atomic mass is 10.1. The number of anilines is 1. The molecule has 0 aliphatic heterocycles. The summed E-state index contributed by atoms with van der Waals surface area (Å²) in [6.07, 6.45) is 1.27. The SMILES string of the molecule is CCCNCc1ccc(N(CC)CCO)c(OC(C)C)c1. The van der Waals surface area contributed by atoms with Crippen molar-refractivity contribution in [1.82, 2.24) is 5.32 Å². The maximum absolute atomic E-state index is 9.21. The van der Waals surface area contributed by atoms with Crippen molar-refractivity contribution < 1.29 is 9.84 Å². The predicted octanol–water partition coefficient (Wildman–Crippen LogP) is 2.79. The molecule has 2 N–H and O–H groups in total. The minimum atomic E-state index is 0.135. The summed E-state index contributed by atoms with van der Waals surface area (Å²) in [5.74, 6) is 0.899. The number of likely N-dealkylation sites (N-methyl/N-ethyl adjacent to an activating group) is 1. The molecule has 21 heavy (non-hydrogen) atoms. The molecule has 1 aromatic rings. The van der Waals surface area contributed by atoms with Crippen molar-refractivity contribution in [3.05, 3.63) is 23.8 Å². The average molecular weight is 294 g/mol. The van der Waals surface area contributed by atoms with Crippen LogP contribution in [0.3, 0.4) is 0 Å².